The van der Waals surface area contributed by atoms with Crippen molar-refractivity contribution in [2.45, 2.75) is 4.90 Å². The van der Waals surface area contributed by atoms with Crippen LogP contribution < -0.4 is 10.5 Å². The molecule has 0 unspecified atom stereocenters. The summed E-state index contributed by atoms with van der Waals surface area (Å²) in [5.41, 5.74) is 6.11. The average Bonchev–Trinajstić information content (AvgIpc) is 2.32. The lowest BCUT2D eigenvalue weighted by molar-refractivity contribution is 0.477. The fourth-order valence-corrected chi connectivity index (χ4v) is 2.48. The van der Waals surface area contributed by atoms with Gasteiger partial charge < -0.3 is 10.8 Å². The SMILES string of the molecule is Nc1ccc(S(=O)(=O)Nc2ccccc2O)cc1. The molecule has 0 atom stereocenters. The van der Waals surface area contributed by atoms with Crippen LogP contribution in [-0.2, 0) is 10.0 Å². The van der Waals surface area contributed by atoms with E-state index in [9.17, 15) is 13.5 Å². The molecule has 0 amide bonds. The Kier molecular flexibility index (Phi) is 3.12. The summed E-state index contributed by atoms with van der Waals surface area (Å²) in [4.78, 5) is 0.0833. The molecule has 0 radical (unpaired) electrons. The zero-order chi connectivity index (χ0) is 13.2. The third-order valence-electron chi connectivity index (χ3n) is 2.34. The first-order chi connectivity index (χ1) is 8.49. The molecule has 4 N–H and O–H groups in total. The predicted molar refractivity (Wildman–Crippen MR) is 69.8 cm³/mol. The highest BCUT2D eigenvalue weighted by atomic mass is 32.2. The van der Waals surface area contributed by atoms with Gasteiger partial charge in [0.15, 0.2) is 0 Å². The Hall–Kier alpha value is -2.21. The second-order valence-electron chi connectivity index (χ2n) is 3.69. The molecule has 0 aromatic heterocycles. The van der Waals surface area contributed by atoms with E-state index in [2.05, 4.69) is 4.72 Å². The average molecular weight is 264 g/mol. The number of hydrogen-bond donors (Lipinski definition) is 3. The first-order valence-corrected chi connectivity index (χ1v) is 6.64. The van der Waals surface area contributed by atoms with Crippen molar-refractivity contribution in [3.8, 4) is 5.75 Å². The van der Waals surface area contributed by atoms with Crippen LogP contribution in [0.1, 0.15) is 0 Å². The molecule has 2 aromatic rings. The first-order valence-electron chi connectivity index (χ1n) is 5.15. The number of nitrogens with two attached hydrogens (primary N) is 1. The molecule has 6 heteroatoms. The van der Waals surface area contributed by atoms with Crippen molar-refractivity contribution < 1.29 is 13.5 Å². The molecule has 0 saturated carbocycles. The van der Waals surface area contributed by atoms with Crippen molar-refractivity contribution in [2.75, 3.05) is 10.5 Å². The van der Waals surface area contributed by atoms with Gasteiger partial charge in [-0.05, 0) is 36.4 Å². The van der Waals surface area contributed by atoms with Crippen molar-refractivity contribution in [3.05, 3.63) is 48.5 Å². The standard InChI is InChI=1S/C12H12N2O3S/c13-9-5-7-10(8-6-9)18(16,17)14-11-3-1-2-4-12(11)15/h1-8,14-15H,13H2. The zero-order valence-electron chi connectivity index (χ0n) is 9.37. The number of nitrogen functional groups attached to an aromatic ring is 1. The number of anilines is 2. The molecular weight excluding hydrogens is 252 g/mol. The number of aromatic hydroxyl groups is 1. The maximum atomic E-state index is 12.0. The Morgan fingerprint density at radius 1 is 1.00 bits per heavy atom. The number of phenolic OH excluding ortho intramolecular Hbond substituents is 1. The Labute approximate surface area is 105 Å². The van der Waals surface area contributed by atoms with Crippen LogP contribution in [0.2, 0.25) is 0 Å². The molecule has 18 heavy (non-hydrogen) atoms. The summed E-state index contributed by atoms with van der Waals surface area (Å²) in [5.74, 6) is -0.128. The largest absolute Gasteiger partial charge is 0.506 e. The van der Waals surface area contributed by atoms with Crippen molar-refractivity contribution in [2.24, 2.45) is 0 Å². The Morgan fingerprint density at radius 3 is 2.22 bits per heavy atom. The van der Waals surface area contributed by atoms with E-state index in [4.69, 9.17) is 5.73 Å². The van der Waals surface area contributed by atoms with E-state index in [0.29, 0.717) is 5.69 Å². The van der Waals surface area contributed by atoms with Gasteiger partial charge in [0.25, 0.3) is 10.0 Å². The van der Waals surface area contributed by atoms with E-state index in [1.165, 1.54) is 36.4 Å². The molecule has 0 heterocycles. The van der Waals surface area contributed by atoms with Gasteiger partial charge in [-0.25, -0.2) is 8.42 Å². The van der Waals surface area contributed by atoms with Crippen LogP contribution in [0.4, 0.5) is 11.4 Å². The lowest BCUT2D eigenvalue weighted by Crippen LogP contribution is -2.12. The highest BCUT2D eigenvalue weighted by Crippen LogP contribution is 2.25. The molecule has 5 nitrogen and oxygen atoms in total. The fourth-order valence-electron chi connectivity index (χ4n) is 1.41. The Bertz CT molecular complexity index is 651. The Balaban J connectivity index is 2.33. The van der Waals surface area contributed by atoms with E-state index in [1.807, 2.05) is 0 Å². The summed E-state index contributed by atoms with van der Waals surface area (Å²) in [7, 11) is -3.72. The van der Waals surface area contributed by atoms with Crippen molar-refractivity contribution in [1.82, 2.24) is 0 Å². The van der Waals surface area contributed by atoms with Crippen molar-refractivity contribution >= 4 is 21.4 Å². The summed E-state index contributed by atoms with van der Waals surface area (Å²) in [6, 6.07) is 11.9. The minimum Gasteiger partial charge on any atom is -0.506 e. The van der Waals surface area contributed by atoms with Crippen LogP contribution in [0.25, 0.3) is 0 Å². The fraction of sp³-hybridized carbons (Fsp3) is 0. The van der Waals surface area contributed by atoms with E-state index < -0.39 is 10.0 Å². The van der Waals surface area contributed by atoms with E-state index in [0.717, 1.165) is 0 Å². The minimum absolute atomic E-state index is 0.0833. The van der Waals surface area contributed by atoms with Crippen LogP contribution in [0.15, 0.2) is 53.4 Å². The number of nitrogens with one attached hydrogen (secondary N) is 1. The number of hydrogen-bond acceptors (Lipinski definition) is 4. The third kappa shape index (κ3) is 2.54. The van der Waals surface area contributed by atoms with Gasteiger partial charge in [0.05, 0.1) is 10.6 Å². The molecule has 0 saturated heterocycles. The van der Waals surface area contributed by atoms with E-state index in [-0.39, 0.29) is 16.3 Å². The van der Waals surface area contributed by atoms with Crippen LogP contribution in [0, 0.1) is 0 Å². The quantitative estimate of drug-likeness (QED) is 0.582. The van der Waals surface area contributed by atoms with Crippen molar-refractivity contribution in [1.29, 1.82) is 0 Å². The van der Waals surface area contributed by atoms with Gasteiger partial charge in [0.1, 0.15) is 5.75 Å². The summed E-state index contributed by atoms with van der Waals surface area (Å²) in [6.07, 6.45) is 0. The van der Waals surface area contributed by atoms with Crippen LogP contribution >= 0.6 is 0 Å². The molecule has 0 fully saturated rings. The number of para-hydroxylation sites is 2. The Morgan fingerprint density at radius 2 is 1.61 bits per heavy atom. The minimum atomic E-state index is -3.72. The summed E-state index contributed by atoms with van der Waals surface area (Å²) in [6.45, 7) is 0. The van der Waals surface area contributed by atoms with Gasteiger partial charge in [-0.2, -0.15) is 0 Å². The van der Waals surface area contributed by atoms with Crippen molar-refractivity contribution in [3.63, 3.8) is 0 Å². The molecule has 0 aliphatic heterocycles. The normalized spacial score (nSPS) is 11.1. The molecule has 2 aromatic carbocycles. The molecule has 0 aliphatic rings. The number of phenols is 1. The molecule has 0 aliphatic carbocycles. The molecular formula is C12H12N2O3S. The number of benzene rings is 2. The van der Waals surface area contributed by atoms with Gasteiger partial charge >= 0.3 is 0 Å². The molecule has 2 rings (SSSR count). The highest BCUT2D eigenvalue weighted by molar-refractivity contribution is 7.92. The maximum Gasteiger partial charge on any atom is 0.262 e. The number of rotatable bonds is 3. The van der Waals surface area contributed by atoms with Crippen LogP contribution in [-0.4, -0.2) is 13.5 Å². The lowest BCUT2D eigenvalue weighted by Gasteiger charge is -2.09. The van der Waals surface area contributed by atoms with E-state index in [1.54, 1.807) is 12.1 Å². The van der Waals surface area contributed by atoms with Gasteiger partial charge in [-0.3, -0.25) is 4.72 Å². The first kappa shape index (κ1) is 12.3. The van der Waals surface area contributed by atoms with Gasteiger partial charge in [0, 0.05) is 5.69 Å². The highest BCUT2D eigenvalue weighted by Gasteiger charge is 2.15. The maximum absolute atomic E-state index is 12.0. The summed E-state index contributed by atoms with van der Waals surface area (Å²) < 4.78 is 26.3. The lowest BCUT2D eigenvalue weighted by atomic mass is 10.3. The van der Waals surface area contributed by atoms with Crippen LogP contribution in [0.5, 0.6) is 5.75 Å². The van der Waals surface area contributed by atoms with Gasteiger partial charge in [-0.1, -0.05) is 12.1 Å². The monoisotopic (exact) mass is 264 g/mol. The smallest absolute Gasteiger partial charge is 0.262 e. The molecule has 0 bridgehead atoms. The zero-order valence-corrected chi connectivity index (χ0v) is 10.2. The second kappa shape index (κ2) is 4.58. The van der Waals surface area contributed by atoms with Gasteiger partial charge in [-0.15, -0.1) is 0 Å². The molecule has 0 spiro atoms. The summed E-state index contributed by atoms with van der Waals surface area (Å²) in [5, 5.41) is 9.52. The predicted octanol–water partition coefficient (Wildman–Crippen LogP) is 1.78. The number of sulfonamides is 1. The molecule has 94 valence electrons. The third-order valence-corrected chi connectivity index (χ3v) is 3.72. The van der Waals surface area contributed by atoms with Gasteiger partial charge in [0.2, 0.25) is 0 Å². The summed E-state index contributed by atoms with van der Waals surface area (Å²) >= 11 is 0. The van der Waals surface area contributed by atoms with E-state index >= 15 is 0 Å². The second-order valence-corrected chi connectivity index (χ2v) is 5.37. The van der Waals surface area contributed by atoms with Crippen LogP contribution in [0.3, 0.4) is 0 Å². The topological polar surface area (TPSA) is 92.4 Å².